The van der Waals surface area contributed by atoms with Gasteiger partial charge in [-0.3, -0.25) is 4.79 Å². The van der Waals surface area contributed by atoms with Crippen LogP contribution in [-0.4, -0.2) is 16.5 Å². The number of fused-ring (bicyclic) bond motifs is 1. The highest BCUT2D eigenvalue weighted by molar-refractivity contribution is 6.31. The second-order valence-corrected chi connectivity index (χ2v) is 5.60. The molecular formula is C16H21ClN2O. The molecule has 1 N–H and O–H groups in total. The summed E-state index contributed by atoms with van der Waals surface area (Å²) >= 11 is 6.07. The number of carbonyl (C=O) groups is 1. The van der Waals surface area contributed by atoms with E-state index in [2.05, 4.69) is 16.8 Å². The van der Waals surface area contributed by atoms with E-state index in [-0.39, 0.29) is 11.9 Å². The fourth-order valence-electron chi connectivity index (χ4n) is 2.51. The molecule has 0 bridgehead atoms. The van der Waals surface area contributed by atoms with Crippen molar-refractivity contribution in [3.05, 3.63) is 34.5 Å². The Labute approximate surface area is 124 Å². The number of amides is 1. The first-order chi connectivity index (χ1) is 9.49. The fourth-order valence-corrected chi connectivity index (χ4v) is 2.68. The predicted molar refractivity (Wildman–Crippen MR) is 84.6 cm³/mol. The highest BCUT2D eigenvalue weighted by atomic mass is 35.5. The molecule has 20 heavy (non-hydrogen) atoms. The zero-order valence-corrected chi connectivity index (χ0v) is 13.2. The largest absolute Gasteiger partial charge is 0.348 e. The van der Waals surface area contributed by atoms with E-state index in [0.29, 0.717) is 5.02 Å². The van der Waals surface area contributed by atoms with Gasteiger partial charge in [0.15, 0.2) is 0 Å². The number of carbonyl (C=O) groups excluding carboxylic acids is 1. The fraction of sp³-hybridized carbons (Fsp3) is 0.438. The van der Waals surface area contributed by atoms with E-state index in [0.717, 1.165) is 35.1 Å². The Kier molecular flexibility index (Phi) is 4.39. The van der Waals surface area contributed by atoms with Gasteiger partial charge in [-0.2, -0.15) is 0 Å². The van der Waals surface area contributed by atoms with Gasteiger partial charge in [-0.15, -0.1) is 0 Å². The van der Waals surface area contributed by atoms with Crippen molar-refractivity contribution < 1.29 is 4.79 Å². The maximum Gasteiger partial charge on any atom is 0.268 e. The Morgan fingerprint density at radius 3 is 2.70 bits per heavy atom. The first-order valence-electron chi connectivity index (χ1n) is 7.08. The summed E-state index contributed by atoms with van der Waals surface area (Å²) < 4.78 is 2.05. The molecule has 1 unspecified atom stereocenters. The SMILES string of the molecule is CCC(C)NC(=O)c1c(C)c2cc(Cl)ccc2n1CC. The summed E-state index contributed by atoms with van der Waals surface area (Å²) in [6.45, 7) is 8.87. The lowest BCUT2D eigenvalue weighted by molar-refractivity contribution is 0.0930. The Morgan fingerprint density at radius 2 is 2.10 bits per heavy atom. The number of nitrogens with one attached hydrogen (secondary N) is 1. The van der Waals surface area contributed by atoms with E-state index in [1.54, 1.807) is 0 Å². The van der Waals surface area contributed by atoms with E-state index in [1.165, 1.54) is 0 Å². The molecule has 4 heteroatoms. The molecule has 0 fully saturated rings. The van der Waals surface area contributed by atoms with Crippen LogP contribution in [0.15, 0.2) is 18.2 Å². The highest BCUT2D eigenvalue weighted by Crippen LogP contribution is 2.28. The van der Waals surface area contributed by atoms with Crippen LogP contribution in [0.1, 0.15) is 43.2 Å². The minimum atomic E-state index is -0.00831. The van der Waals surface area contributed by atoms with Crippen LogP contribution in [0.4, 0.5) is 0 Å². The van der Waals surface area contributed by atoms with Crippen LogP contribution in [-0.2, 0) is 6.54 Å². The van der Waals surface area contributed by atoms with Gasteiger partial charge >= 0.3 is 0 Å². The number of nitrogens with zero attached hydrogens (tertiary/aromatic N) is 1. The van der Waals surface area contributed by atoms with E-state index < -0.39 is 0 Å². The van der Waals surface area contributed by atoms with Gasteiger partial charge in [0.1, 0.15) is 5.69 Å². The first-order valence-corrected chi connectivity index (χ1v) is 7.46. The van der Waals surface area contributed by atoms with Crippen LogP contribution in [0.5, 0.6) is 0 Å². The maximum atomic E-state index is 12.5. The number of hydrogen-bond acceptors (Lipinski definition) is 1. The Bertz CT molecular complexity index is 645. The summed E-state index contributed by atoms with van der Waals surface area (Å²) in [6, 6.07) is 5.95. The molecule has 1 aromatic carbocycles. The standard InChI is InChI=1S/C16H21ClN2O/c1-5-10(3)18-16(20)15-11(4)13-9-12(17)7-8-14(13)19(15)6-2/h7-10H,5-6H2,1-4H3,(H,18,20). The molecule has 3 nitrogen and oxygen atoms in total. The molecule has 0 radical (unpaired) electrons. The van der Waals surface area contributed by atoms with Crippen LogP contribution in [0.3, 0.4) is 0 Å². The third-order valence-electron chi connectivity index (χ3n) is 3.80. The lowest BCUT2D eigenvalue weighted by Gasteiger charge is -2.14. The molecular weight excluding hydrogens is 272 g/mol. The second-order valence-electron chi connectivity index (χ2n) is 5.16. The summed E-state index contributed by atoms with van der Waals surface area (Å²) in [6.07, 6.45) is 0.920. The summed E-state index contributed by atoms with van der Waals surface area (Å²) in [7, 11) is 0. The molecule has 1 aromatic heterocycles. The smallest absolute Gasteiger partial charge is 0.268 e. The maximum absolute atomic E-state index is 12.5. The van der Waals surface area contributed by atoms with Crippen molar-refractivity contribution in [1.82, 2.24) is 9.88 Å². The van der Waals surface area contributed by atoms with E-state index >= 15 is 0 Å². The number of aromatic nitrogens is 1. The number of hydrogen-bond donors (Lipinski definition) is 1. The van der Waals surface area contributed by atoms with Crippen molar-refractivity contribution in [2.24, 2.45) is 0 Å². The summed E-state index contributed by atoms with van der Waals surface area (Å²) in [5.41, 5.74) is 2.79. The van der Waals surface area contributed by atoms with Gasteiger partial charge in [-0.25, -0.2) is 0 Å². The van der Waals surface area contributed by atoms with Crippen molar-refractivity contribution in [2.45, 2.75) is 46.7 Å². The predicted octanol–water partition coefficient (Wildman–Crippen LogP) is 4.15. The Balaban J connectivity index is 2.57. The van der Waals surface area contributed by atoms with Gasteiger partial charge < -0.3 is 9.88 Å². The van der Waals surface area contributed by atoms with Crippen LogP contribution < -0.4 is 5.32 Å². The Hall–Kier alpha value is -1.48. The van der Waals surface area contributed by atoms with Gasteiger partial charge in [0.2, 0.25) is 0 Å². The molecule has 1 amide bonds. The van der Waals surface area contributed by atoms with Gasteiger partial charge in [0.25, 0.3) is 5.91 Å². The number of halogens is 1. The number of benzene rings is 1. The third kappa shape index (κ3) is 2.55. The van der Waals surface area contributed by atoms with Gasteiger partial charge in [0, 0.05) is 28.5 Å². The average Bonchev–Trinajstić information content (AvgIpc) is 2.70. The van der Waals surface area contributed by atoms with Crippen molar-refractivity contribution in [3.8, 4) is 0 Å². The summed E-state index contributed by atoms with van der Waals surface area (Å²) in [5, 5.41) is 4.79. The van der Waals surface area contributed by atoms with Crippen molar-refractivity contribution in [1.29, 1.82) is 0 Å². The minimum absolute atomic E-state index is 0.00831. The first kappa shape index (κ1) is 14.9. The molecule has 2 rings (SSSR count). The summed E-state index contributed by atoms with van der Waals surface area (Å²) in [5.74, 6) is -0.00831. The van der Waals surface area contributed by atoms with Crippen molar-refractivity contribution >= 4 is 28.4 Å². The monoisotopic (exact) mass is 292 g/mol. The average molecular weight is 293 g/mol. The molecule has 1 atom stereocenters. The molecule has 108 valence electrons. The zero-order chi connectivity index (χ0) is 14.9. The molecule has 0 aliphatic heterocycles. The second kappa shape index (κ2) is 5.88. The molecule has 0 saturated carbocycles. The molecule has 0 aliphatic carbocycles. The van der Waals surface area contributed by atoms with Gasteiger partial charge in [-0.1, -0.05) is 18.5 Å². The number of rotatable bonds is 4. The molecule has 1 heterocycles. The van der Waals surface area contributed by atoms with E-state index in [1.807, 2.05) is 39.0 Å². The topological polar surface area (TPSA) is 34.0 Å². The van der Waals surface area contributed by atoms with Crippen LogP contribution in [0, 0.1) is 6.92 Å². The molecule has 0 aliphatic rings. The van der Waals surface area contributed by atoms with Gasteiger partial charge in [0.05, 0.1) is 0 Å². The lowest BCUT2D eigenvalue weighted by Crippen LogP contribution is -2.33. The summed E-state index contributed by atoms with van der Waals surface area (Å²) in [4.78, 5) is 12.5. The Morgan fingerprint density at radius 1 is 1.40 bits per heavy atom. The van der Waals surface area contributed by atoms with Crippen LogP contribution >= 0.6 is 11.6 Å². The molecule has 0 saturated heterocycles. The van der Waals surface area contributed by atoms with E-state index in [4.69, 9.17) is 11.6 Å². The lowest BCUT2D eigenvalue weighted by atomic mass is 10.1. The van der Waals surface area contributed by atoms with Gasteiger partial charge in [-0.05, 0) is 51.0 Å². The van der Waals surface area contributed by atoms with Crippen molar-refractivity contribution in [3.63, 3.8) is 0 Å². The van der Waals surface area contributed by atoms with Crippen LogP contribution in [0.2, 0.25) is 5.02 Å². The third-order valence-corrected chi connectivity index (χ3v) is 4.03. The van der Waals surface area contributed by atoms with Crippen LogP contribution in [0.25, 0.3) is 10.9 Å². The zero-order valence-electron chi connectivity index (χ0n) is 12.5. The normalized spacial score (nSPS) is 12.7. The molecule has 0 spiro atoms. The molecule has 2 aromatic rings. The number of aryl methyl sites for hydroxylation is 2. The van der Waals surface area contributed by atoms with E-state index in [9.17, 15) is 4.79 Å². The quantitative estimate of drug-likeness (QED) is 0.902. The minimum Gasteiger partial charge on any atom is -0.348 e. The van der Waals surface area contributed by atoms with Crippen molar-refractivity contribution in [2.75, 3.05) is 0 Å². The highest BCUT2D eigenvalue weighted by Gasteiger charge is 2.20.